The number of hydrogen-bond acceptors (Lipinski definition) is 1. The molecule has 0 fully saturated rings. The van der Waals surface area contributed by atoms with Crippen LogP contribution in [0.1, 0.15) is 22.8 Å². The summed E-state index contributed by atoms with van der Waals surface area (Å²) in [5.74, 6) is 5.60. The molecule has 0 heterocycles. The quantitative estimate of drug-likeness (QED) is 0.799. The average molecular weight is 240 g/mol. The number of rotatable bonds is 2. The molecule has 0 saturated heterocycles. The van der Waals surface area contributed by atoms with Gasteiger partial charge >= 0.3 is 0 Å². The summed E-state index contributed by atoms with van der Waals surface area (Å²) in [5, 5.41) is 9.95. The van der Waals surface area contributed by atoms with Crippen LogP contribution in [0.2, 0.25) is 0 Å². The van der Waals surface area contributed by atoms with Gasteiger partial charge in [-0.2, -0.15) is 0 Å². The van der Waals surface area contributed by atoms with Crippen molar-refractivity contribution in [3.63, 3.8) is 0 Å². The van der Waals surface area contributed by atoms with E-state index in [0.717, 1.165) is 5.56 Å². The van der Waals surface area contributed by atoms with Crippen molar-refractivity contribution >= 4 is 0 Å². The van der Waals surface area contributed by atoms with Crippen LogP contribution in [0.3, 0.4) is 0 Å². The van der Waals surface area contributed by atoms with E-state index in [4.69, 9.17) is 0 Å². The number of benzene rings is 2. The molecule has 18 heavy (non-hydrogen) atoms. The molecule has 0 aliphatic rings. The van der Waals surface area contributed by atoms with Crippen molar-refractivity contribution in [1.82, 2.24) is 0 Å². The minimum atomic E-state index is -0.961. The molecule has 1 atom stereocenters. The predicted molar refractivity (Wildman–Crippen MR) is 69.5 cm³/mol. The van der Waals surface area contributed by atoms with Gasteiger partial charge in [0.05, 0.1) is 0 Å². The Labute approximate surface area is 106 Å². The van der Waals surface area contributed by atoms with E-state index in [9.17, 15) is 9.50 Å². The van der Waals surface area contributed by atoms with Gasteiger partial charge in [0, 0.05) is 5.56 Å². The number of halogens is 1. The molecule has 0 aliphatic heterocycles. The lowest BCUT2D eigenvalue weighted by Gasteiger charge is -2.07. The first-order valence-corrected chi connectivity index (χ1v) is 5.69. The molecule has 0 amide bonds. The lowest BCUT2D eigenvalue weighted by molar-refractivity contribution is 0.236. The van der Waals surface area contributed by atoms with Gasteiger partial charge in [-0.3, -0.25) is 0 Å². The minimum absolute atomic E-state index is 0.479. The van der Waals surface area contributed by atoms with Gasteiger partial charge in [-0.05, 0) is 23.3 Å². The Morgan fingerprint density at radius 3 is 2.39 bits per heavy atom. The van der Waals surface area contributed by atoms with Gasteiger partial charge in [-0.1, -0.05) is 54.3 Å². The third kappa shape index (κ3) is 2.97. The first-order valence-electron chi connectivity index (χ1n) is 5.69. The number of hydrogen-bond donors (Lipinski definition) is 1. The van der Waals surface area contributed by atoms with E-state index in [-0.39, 0.29) is 0 Å². The Morgan fingerprint density at radius 2 is 1.67 bits per heavy atom. The highest BCUT2D eigenvalue weighted by atomic mass is 19.1. The highest BCUT2D eigenvalue weighted by molar-refractivity contribution is 5.38. The maximum Gasteiger partial charge on any atom is 0.140 e. The summed E-state index contributed by atoms with van der Waals surface area (Å²) in [6.45, 7) is -0.597. The lowest BCUT2D eigenvalue weighted by Crippen LogP contribution is -1.98. The zero-order valence-electron chi connectivity index (χ0n) is 9.81. The molecule has 2 rings (SSSR count). The van der Waals surface area contributed by atoms with E-state index in [2.05, 4.69) is 11.8 Å². The van der Waals surface area contributed by atoms with E-state index in [1.54, 1.807) is 24.3 Å². The highest BCUT2D eigenvalue weighted by Crippen LogP contribution is 2.18. The van der Waals surface area contributed by atoms with Gasteiger partial charge in [-0.15, -0.1) is 0 Å². The second-order valence-corrected chi connectivity index (χ2v) is 3.87. The van der Waals surface area contributed by atoms with Crippen LogP contribution in [0.4, 0.5) is 4.39 Å². The standard InChI is InChI=1S/C16H13FO/c17-12-14-8-4-5-9-15(14)16(18)11-10-13-6-2-1-3-7-13/h1-9,16,18H,12H2. The summed E-state index contributed by atoms with van der Waals surface area (Å²) in [6.07, 6.45) is -0.961. The third-order valence-corrected chi connectivity index (χ3v) is 2.62. The molecule has 2 heteroatoms. The molecule has 0 saturated carbocycles. The molecule has 0 aliphatic carbocycles. The van der Waals surface area contributed by atoms with Crippen LogP contribution in [-0.2, 0) is 6.67 Å². The molecule has 1 nitrogen and oxygen atoms in total. The Hall–Kier alpha value is -2.11. The molecular formula is C16H13FO. The summed E-state index contributed by atoms with van der Waals surface area (Å²) in [4.78, 5) is 0. The molecule has 2 aromatic carbocycles. The Kier molecular flexibility index (Phi) is 4.11. The van der Waals surface area contributed by atoms with Crippen LogP contribution in [0.25, 0.3) is 0 Å². The van der Waals surface area contributed by atoms with Gasteiger partial charge in [0.15, 0.2) is 0 Å². The fraction of sp³-hybridized carbons (Fsp3) is 0.125. The number of alkyl halides is 1. The smallest absolute Gasteiger partial charge is 0.140 e. The monoisotopic (exact) mass is 240 g/mol. The van der Waals surface area contributed by atoms with Gasteiger partial charge in [0.25, 0.3) is 0 Å². The number of aliphatic hydroxyl groups is 1. The van der Waals surface area contributed by atoms with Gasteiger partial charge in [0.1, 0.15) is 12.8 Å². The molecule has 90 valence electrons. The van der Waals surface area contributed by atoms with Crippen LogP contribution in [-0.4, -0.2) is 5.11 Å². The van der Waals surface area contributed by atoms with Crippen molar-refractivity contribution in [2.24, 2.45) is 0 Å². The largest absolute Gasteiger partial charge is 0.376 e. The summed E-state index contributed by atoms with van der Waals surface area (Å²) in [6, 6.07) is 16.2. The van der Waals surface area contributed by atoms with Crippen LogP contribution in [0, 0.1) is 11.8 Å². The third-order valence-electron chi connectivity index (χ3n) is 2.62. The summed E-state index contributed by atoms with van der Waals surface area (Å²) < 4.78 is 12.8. The van der Waals surface area contributed by atoms with Gasteiger partial charge in [-0.25, -0.2) is 4.39 Å². The fourth-order valence-electron chi connectivity index (χ4n) is 1.67. The lowest BCUT2D eigenvalue weighted by atomic mass is 10.0. The van der Waals surface area contributed by atoms with Crippen LogP contribution >= 0.6 is 0 Å². The summed E-state index contributed by atoms with van der Waals surface area (Å²) in [5.41, 5.74) is 1.84. The van der Waals surface area contributed by atoms with E-state index in [0.29, 0.717) is 11.1 Å². The molecular weight excluding hydrogens is 227 g/mol. The topological polar surface area (TPSA) is 20.2 Å². The predicted octanol–water partition coefficient (Wildman–Crippen LogP) is 3.24. The SMILES string of the molecule is OC(C#Cc1ccccc1)c1ccccc1CF. The molecule has 0 radical (unpaired) electrons. The second kappa shape index (κ2) is 6.00. The van der Waals surface area contributed by atoms with E-state index in [1.165, 1.54) is 0 Å². The van der Waals surface area contributed by atoms with Crippen molar-refractivity contribution in [2.45, 2.75) is 12.8 Å². The number of aliphatic hydroxyl groups excluding tert-OH is 1. The van der Waals surface area contributed by atoms with Crippen molar-refractivity contribution in [3.8, 4) is 11.8 Å². The van der Waals surface area contributed by atoms with Crippen LogP contribution in [0.5, 0.6) is 0 Å². The minimum Gasteiger partial charge on any atom is -0.376 e. The molecule has 1 N–H and O–H groups in total. The zero-order chi connectivity index (χ0) is 12.8. The van der Waals surface area contributed by atoms with Crippen molar-refractivity contribution in [3.05, 3.63) is 71.3 Å². The van der Waals surface area contributed by atoms with Gasteiger partial charge < -0.3 is 5.11 Å². The van der Waals surface area contributed by atoms with Crippen LogP contribution < -0.4 is 0 Å². The fourth-order valence-corrected chi connectivity index (χ4v) is 1.67. The highest BCUT2D eigenvalue weighted by Gasteiger charge is 2.08. The Bertz CT molecular complexity index is 566. The maximum atomic E-state index is 12.8. The average Bonchev–Trinajstić information content (AvgIpc) is 2.45. The Morgan fingerprint density at radius 1 is 1.00 bits per heavy atom. The molecule has 0 spiro atoms. The van der Waals surface area contributed by atoms with Crippen molar-refractivity contribution in [2.75, 3.05) is 0 Å². The Balaban J connectivity index is 2.23. The second-order valence-electron chi connectivity index (χ2n) is 3.87. The molecule has 1 unspecified atom stereocenters. The van der Waals surface area contributed by atoms with E-state index in [1.807, 2.05) is 30.3 Å². The van der Waals surface area contributed by atoms with Crippen molar-refractivity contribution < 1.29 is 9.50 Å². The first-order chi connectivity index (χ1) is 8.81. The maximum absolute atomic E-state index is 12.8. The molecule has 2 aromatic rings. The normalized spacial score (nSPS) is 11.4. The molecule has 0 aromatic heterocycles. The molecule has 0 bridgehead atoms. The zero-order valence-corrected chi connectivity index (χ0v) is 9.81. The summed E-state index contributed by atoms with van der Waals surface area (Å²) in [7, 11) is 0. The van der Waals surface area contributed by atoms with Gasteiger partial charge in [0.2, 0.25) is 0 Å². The van der Waals surface area contributed by atoms with E-state index >= 15 is 0 Å². The van der Waals surface area contributed by atoms with Crippen LogP contribution in [0.15, 0.2) is 54.6 Å². The summed E-state index contributed by atoms with van der Waals surface area (Å²) >= 11 is 0. The van der Waals surface area contributed by atoms with Crippen molar-refractivity contribution in [1.29, 1.82) is 0 Å². The first kappa shape index (κ1) is 12.3. The van der Waals surface area contributed by atoms with E-state index < -0.39 is 12.8 Å².